The van der Waals surface area contributed by atoms with Crippen LogP contribution < -0.4 is 4.74 Å². The number of carbonyl (C=O) groups is 1. The van der Waals surface area contributed by atoms with Crippen molar-refractivity contribution in [1.29, 1.82) is 0 Å². The molecule has 0 aliphatic rings. The van der Waals surface area contributed by atoms with E-state index in [-0.39, 0.29) is 29.2 Å². The Morgan fingerprint density at radius 1 is 1.50 bits per heavy atom. The third-order valence-corrected chi connectivity index (χ3v) is 2.23. The third kappa shape index (κ3) is 3.66. The molecule has 0 saturated heterocycles. The molecule has 0 heterocycles. The number of ether oxygens (including phenoxy) is 1. The maximum Gasteiger partial charge on any atom is 0.387 e. The van der Waals surface area contributed by atoms with Crippen LogP contribution in [0, 0.1) is 0 Å². The highest BCUT2D eigenvalue weighted by Gasteiger charge is 2.13. The van der Waals surface area contributed by atoms with E-state index >= 15 is 0 Å². The summed E-state index contributed by atoms with van der Waals surface area (Å²) in [4.78, 5) is 10.4. The molecule has 0 radical (unpaired) electrons. The van der Waals surface area contributed by atoms with Crippen LogP contribution in [0.25, 0.3) is 0 Å². The lowest BCUT2D eigenvalue weighted by Gasteiger charge is -2.11. The Hall–Kier alpha value is -1.36. The van der Waals surface area contributed by atoms with Gasteiger partial charge in [0.05, 0.1) is 0 Å². The second kappa shape index (κ2) is 5.65. The van der Waals surface area contributed by atoms with Gasteiger partial charge in [-0.2, -0.15) is 8.78 Å². The van der Waals surface area contributed by atoms with Gasteiger partial charge in [-0.1, -0.05) is 17.7 Å². The van der Waals surface area contributed by atoms with Crippen LogP contribution in [0.3, 0.4) is 0 Å². The van der Waals surface area contributed by atoms with Crippen LogP contribution in [-0.2, 0) is 11.2 Å². The molecule has 1 rings (SSSR count). The lowest BCUT2D eigenvalue weighted by atomic mass is 10.1. The standard InChI is InChI=1S/C10H9ClF2O3/c11-7-2-1-3-8(16-10(12)13)6(7)4-5-9(14)15/h1-3,10H,4-5H2,(H,14,15). The summed E-state index contributed by atoms with van der Waals surface area (Å²) in [5.74, 6) is -1.10. The summed E-state index contributed by atoms with van der Waals surface area (Å²) in [5.41, 5.74) is 0.284. The molecule has 6 heteroatoms. The topological polar surface area (TPSA) is 46.5 Å². The first-order valence-corrected chi connectivity index (χ1v) is 4.82. The largest absolute Gasteiger partial charge is 0.481 e. The minimum atomic E-state index is -2.96. The van der Waals surface area contributed by atoms with Gasteiger partial charge in [0.1, 0.15) is 5.75 Å². The molecule has 3 nitrogen and oxygen atoms in total. The Bertz CT molecular complexity index is 382. The Labute approximate surface area is 95.6 Å². The number of alkyl halides is 2. The molecular formula is C10H9ClF2O3. The number of carboxylic acid groups (broad SMARTS) is 1. The van der Waals surface area contributed by atoms with Crippen molar-refractivity contribution in [2.24, 2.45) is 0 Å². The summed E-state index contributed by atoms with van der Waals surface area (Å²) in [5, 5.41) is 8.73. The minimum absolute atomic E-state index is 0.0526. The van der Waals surface area contributed by atoms with E-state index in [9.17, 15) is 13.6 Å². The highest BCUT2D eigenvalue weighted by atomic mass is 35.5. The van der Waals surface area contributed by atoms with E-state index in [1.54, 1.807) is 0 Å². The average molecular weight is 251 g/mol. The fraction of sp³-hybridized carbons (Fsp3) is 0.300. The monoisotopic (exact) mass is 250 g/mol. The third-order valence-electron chi connectivity index (χ3n) is 1.88. The van der Waals surface area contributed by atoms with Crippen LogP contribution in [-0.4, -0.2) is 17.7 Å². The number of halogens is 3. The molecule has 0 aliphatic heterocycles. The van der Waals surface area contributed by atoms with Gasteiger partial charge in [0, 0.05) is 17.0 Å². The van der Waals surface area contributed by atoms with E-state index < -0.39 is 12.6 Å². The molecule has 0 spiro atoms. The second-order valence-corrected chi connectivity index (χ2v) is 3.40. The highest BCUT2D eigenvalue weighted by molar-refractivity contribution is 6.31. The van der Waals surface area contributed by atoms with Crippen molar-refractivity contribution in [2.75, 3.05) is 0 Å². The van der Waals surface area contributed by atoms with E-state index in [0.29, 0.717) is 0 Å². The van der Waals surface area contributed by atoms with E-state index in [4.69, 9.17) is 16.7 Å². The molecular weight excluding hydrogens is 242 g/mol. The van der Waals surface area contributed by atoms with Crippen LogP contribution in [0.5, 0.6) is 5.75 Å². The van der Waals surface area contributed by atoms with Gasteiger partial charge in [0.2, 0.25) is 0 Å². The second-order valence-electron chi connectivity index (χ2n) is 2.99. The van der Waals surface area contributed by atoms with Crippen LogP contribution in [0.4, 0.5) is 8.78 Å². The minimum Gasteiger partial charge on any atom is -0.481 e. The summed E-state index contributed by atoms with van der Waals surface area (Å²) >= 11 is 5.78. The van der Waals surface area contributed by atoms with Crippen molar-refractivity contribution < 1.29 is 23.4 Å². The molecule has 0 bridgehead atoms. The zero-order valence-electron chi connectivity index (χ0n) is 8.12. The van der Waals surface area contributed by atoms with Gasteiger partial charge >= 0.3 is 12.6 Å². The summed E-state index contributed by atoms with van der Waals surface area (Å²) < 4.78 is 28.3. The Morgan fingerprint density at radius 3 is 2.75 bits per heavy atom. The van der Waals surface area contributed by atoms with Gasteiger partial charge in [0.15, 0.2) is 0 Å². The number of rotatable bonds is 5. The smallest absolute Gasteiger partial charge is 0.387 e. The van der Waals surface area contributed by atoms with Crippen molar-refractivity contribution in [3.63, 3.8) is 0 Å². The predicted octanol–water partition coefficient (Wildman–Crippen LogP) is 2.96. The summed E-state index contributed by atoms with van der Waals surface area (Å²) in [6.45, 7) is -2.96. The number of hydrogen-bond donors (Lipinski definition) is 1. The first kappa shape index (κ1) is 12.7. The molecule has 0 unspecified atom stereocenters. The lowest BCUT2D eigenvalue weighted by Crippen LogP contribution is -2.06. The fourth-order valence-electron chi connectivity index (χ4n) is 1.22. The molecule has 0 atom stereocenters. The van der Waals surface area contributed by atoms with Crippen molar-refractivity contribution in [2.45, 2.75) is 19.5 Å². The Morgan fingerprint density at radius 2 is 2.19 bits per heavy atom. The van der Waals surface area contributed by atoms with Crippen molar-refractivity contribution in [3.05, 3.63) is 28.8 Å². The van der Waals surface area contributed by atoms with Crippen molar-refractivity contribution in [3.8, 4) is 5.75 Å². The molecule has 0 aliphatic carbocycles. The quantitative estimate of drug-likeness (QED) is 0.874. The van der Waals surface area contributed by atoms with Crippen molar-refractivity contribution >= 4 is 17.6 Å². The first-order chi connectivity index (χ1) is 7.50. The molecule has 0 amide bonds. The van der Waals surface area contributed by atoms with Gasteiger partial charge in [-0.25, -0.2) is 0 Å². The van der Waals surface area contributed by atoms with Gasteiger partial charge in [-0.05, 0) is 18.6 Å². The molecule has 1 aromatic rings. The zero-order chi connectivity index (χ0) is 12.1. The predicted molar refractivity (Wildman–Crippen MR) is 54.0 cm³/mol. The maximum atomic E-state index is 12.0. The normalized spacial score (nSPS) is 10.5. The average Bonchev–Trinajstić information content (AvgIpc) is 2.15. The summed E-state index contributed by atoms with van der Waals surface area (Å²) in [7, 11) is 0. The highest BCUT2D eigenvalue weighted by Crippen LogP contribution is 2.28. The molecule has 16 heavy (non-hydrogen) atoms. The number of hydrogen-bond acceptors (Lipinski definition) is 2. The molecule has 88 valence electrons. The first-order valence-electron chi connectivity index (χ1n) is 4.44. The van der Waals surface area contributed by atoms with Gasteiger partial charge in [-0.15, -0.1) is 0 Å². The SMILES string of the molecule is O=C(O)CCc1c(Cl)cccc1OC(F)F. The van der Waals surface area contributed by atoms with Crippen molar-refractivity contribution in [1.82, 2.24) is 0 Å². The zero-order valence-corrected chi connectivity index (χ0v) is 8.88. The molecule has 0 saturated carbocycles. The molecule has 1 aromatic carbocycles. The molecule has 1 N–H and O–H groups in total. The van der Waals surface area contributed by atoms with E-state index in [0.717, 1.165) is 0 Å². The van der Waals surface area contributed by atoms with Crippen LogP contribution in [0.1, 0.15) is 12.0 Å². The van der Waals surface area contributed by atoms with E-state index in [2.05, 4.69) is 4.74 Å². The van der Waals surface area contributed by atoms with E-state index in [1.807, 2.05) is 0 Å². The van der Waals surface area contributed by atoms with Crippen LogP contribution >= 0.6 is 11.6 Å². The number of aliphatic carboxylic acids is 1. The number of benzene rings is 1. The van der Waals surface area contributed by atoms with Crippen LogP contribution in [0.15, 0.2) is 18.2 Å². The van der Waals surface area contributed by atoms with Gasteiger partial charge in [0.25, 0.3) is 0 Å². The summed E-state index contributed by atoms with van der Waals surface area (Å²) in [6, 6.07) is 4.29. The maximum absolute atomic E-state index is 12.0. The Balaban J connectivity index is 2.89. The summed E-state index contributed by atoms with van der Waals surface area (Å²) in [6.07, 6.45) is -0.139. The molecule has 0 fully saturated rings. The van der Waals surface area contributed by atoms with Crippen LogP contribution in [0.2, 0.25) is 5.02 Å². The number of carboxylic acids is 1. The fourth-order valence-corrected chi connectivity index (χ4v) is 1.48. The lowest BCUT2D eigenvalue weighted by molar-refractivity contribution is -0.136. The molecule has 0 aromatic heterocycles. The van der Waals surface area contributed by atoms with Gasteiger partial charge < -0.3 is 9.84 Å². The van der Waals surface area contributed by atoms with Gasteiger partial charge in [-0.3, -0.25) is 4.79 Å². The Kier molecular flexibility index (Phi) is 4.49. The van der Waals surface area contributed by atoms with E-state index in [1.165, 1.54) is 18.2 Å².